The minimum atomic E-state index is -0.161. The predicted octanol–water partition coefficient (Wildman–Crippen LogP) is 3.85. The lowest BCUT2D eigenvalue weighted by Crippen LogP contribution is -2.24. The maximum atomic E-state index is 12.8. The second-order valence-electron chi connectivity index (χ2n) is 7.59. The second kappa shape index (κ2) is 8.83. The number of rotatable bonds is 6. The molecule has 31 heavy (non-hydrogen) atoms. The van der Waals surface area contributed by atoms with Gasteiger partial charge in [0, 0.05) is 24.5 Å². The first-order valence-corrected chi connectivity index (χ1v) is 10.2. The Morgan fingerprint density at radius 2 is 1.68 bits per heavy atom. The molecule has 4 aromatic rings. The first kappa shape index (κ1) is 20.3. The lowest BCUT2D eigenvalue weighted by Gasteiger charge is -2.13. The zero-order valence-corrected chi connectivity index (χ0v) is 17.6. The molecule has 6 heteroatoms. The highest BCUT2D eigenvalue weighted by atomic mass is 16.1. The summed E-state index contributed by atoms with van der Waals surface area (Å²) in [4.78, 5) is 29.7. The number of para-hydroxylation sites is 1. The van der Waals surface area contributed by atoms with E-state index in [0.717, 1.165) is 11.1 Å². The van der Waals surface area contributed by atoms with Crippen molar-refractivity contribution in [3.05, 3.63) is 111 Å². The molecule has 0 atom stereocenters. The lowest BCUT2D eigenvalue weighted by molar-refractivity contribution is 0.0951. The van der Waals surface area contributed by atoms with Crippen LogP contribution >= 0.6 is 0 Å². The van der Waals surface area contributed by atoms with Gasteiger partial charge in [0.25, 0.3) is 11.5 Å². The van der Waals surface area contributed by atoms with Gasteiger partial charge in [-0.3, -0.25) is 14.0 Å². The zero-order valence-electron chi connectivity index (χ0n) is 17.6. The molecular weight excluding hydrogens is 388 g/mol. The number of hydrogen-bond donors (Lipinski definition) is 2. The maximum Gasteiger partial charge on any atom is 0.258 e. The van der Waals surface area contributed by atoms with Crippen LogP contribution in [0.1, 0.15) is 32.7 Å². The van der Waals surface area contributed by atoms with Crippen LogP contribution in [-0.2, 0) is 13.1 Å². The standard InChI is InChI=1S/C25H24N4O2/c1-17-7-10-19(11-8-17)14-27-25(31)21-5-3-4-6-22(21)26-15-20-13-24(30)29-16-18(2)9-12-23(29)28-20/h3-13,16,26H,14-15H2,1-2H3,(H,27,31). The molecule has 0 fully saturated rings. The van der Waals surface area contributed by atoms with Gasteiger partial charge < -0.3 is 10.6 Å². The van der Waals surface area contributed by atoms with Crippen LogP contribution < -0.4 is 16.2 Å². The van der Waals surface area contributed by atoms with Crippen LogP contribution in [0.2, 0.25) is 0 Å². The first-order chi connectivity index (χ1) is 15.0. The molecule has 156 valence electrons. The number of benzene rings is 2. The Bertz CT molecular complexity index is 1290. The van der Waals surface area contributed by atoms with E-state index in [9.17, 15) is 9.59 Å². The third kappa shape index (κ3) is 4.80. The third-order valence-electron chi connectivity index (χ3n) is 5.07. The van der Waals surface area contributed by atoms with Gasteiger partial charge in [0.1, 0.15) is 5.65 Å². The van der Waals surface area contributed by atoms with Gasteiger partial charge in [-0.15, -0.1) is 0 Å². The molecule has 0 spiro atoms. The van der Waals surface area contributed by atoms with Crippen LogP contribution in [0.15, 0.2) is 77.7 Å². The molecular formula is C25H24N4O2. The molecule has 0 aliphatic rings. The van der Waals surface area contributed by atoms with E-state index in [1.54, 1.807) is 12.3 Å². The van der Waals surface area contributed by atoms with Crippen molar-refractivity contribution in [2.24, 2.45) is 0 Å². The van der Waals surface area contributed by atoms with E-state index in [-0.39, 0.29) is 11.5 Å². The maximum absolute atomic E-state index is 12.8. The van der Waals surface area contributed by atoms with Crippen LogP contribution in [0.4, 0.5) is 5.69 Å². The van der Waals surface area contributed by atoms with Crippen molar-refractivity contribution in [2.75, 3.05) is 5.32 Å². The van der Waals surface area contributed by atoms with Crippen molar-refractivity contribution in [3.63, 3.8) is 0 Å². The Morgan fingerprint density at radius 3 is 2.48 bits per heavy atom. The van der Waals surface area contributed by atoms with E-state index in [4.69, 9.17) is 0 Å². The van der Waals surface area contributed by atoms with Crippen molar-refractivity contribution in [2.45, 2.75) is 26.9 Å². The molecule has 0 aliphatic heterocycles. The fraction of sp³-hybridized carbons (Fsp3) is 0.160. The van der Waals surface area contributed by atoms with Crippen molar-refractivity contribution in [1.29, 1.82) is 0 Å². The normalized spacial score (nSPS) is 10.8. The Morgan fingerprint density at radius 1 is 0.935 bits per heavy atom. The van der Waals surface area contributed by atoms with Crippen LogP contribution in [-0.4, -0.2) is 15.3 Å². The highest BCUT2D eigenvalue weighted by molar-refractivity contribution is 5.99. The van der Waals surface area contributed by atoms with Gasteiger partial charge in [-0.05, 0) is 43.2 Å². The van der Waals surface area contributed by atoms with E-state index in [1.165, 1.54) is 16.0 Å². The molecule has 0 aliphatic carbocycles. The number of nitrogens with one attached hydrogen (secondary N) is 2. The highest BCUT2D eigenvalue weighted by Gasteiger charge is 2.11. The summed E-state index contributed by atoms with van der Waals surface area (Å²) in [5.74, 6) is -0.161. The number of anilines is 1. The summed E-state index contributed by atoms with van der Waals surface area (Å²) >= 11 is 0. The second-order valence-corrected chi connectivity index (χ2v) is 7.59. The molecule has 0 radical (unpaired) electrons. The number of aryl methyl sites for hydroxylation is 2. The fourth-order valence-electron chi connectivity index (χ4n) is 3.35. The van der Waals surface area contributed by atoms with Crippen LogP contribution in [0.3, 0.4) is 0 Å². The van der Waals surface area contributed by atoms with Crippen molar-refractivity contribution >= 4 is 17.2 Å². The summed E-state index contributed by atoms with van der Waals surface area (Å²) in [5.41, 5.74) is 5.53. The molecule has 6 nitrogen and oxygen atoms in total. The Balaban J connectivity index is 1.48. The van der Waals surface area contributed by atoms with Gasteiger partial charge in [-0.1, -0.05) is 48.0 Å². The van der Waals surface area contributed by atoms with Crippen molar-refractivity contribution < 1.29 is 4.79 Å². The molecule has 2 N–H and O–H groups in total. The smallest absolute Gasteiger partial charge is 0.258 e. The number of carbonyl (C=O) groups excluding carboxylic acids is 1. The Labute approximate surface area is 180 Å². The van der Waals surface area contributed by atoms with Crippen LogP contribution in [0.25, 0.3) is 5.65 Å². The number of aromatic nitrogens is 2. The minimum Gasteiger partial charge on any atom is -0.379 e. The summed E-state index contributed by atoms with van der Waals surface area (Å²) in [7, 11) is 0. The molecule has 0 unspecified atom stereocenters. The topological polar surface area (TPSA) is 75.5 Å². The Hall–Kier alpha value is -3.93. The number of carbonyl (C=O) groups is 1. The van der Waals surface area contributed by atoms with Crippen LogP contribution in [0, 0.1) is 13.8 Å². The third-order valence-corrected chi connectivity index (χ3v) is 5.07. The van der Waals surface area contributed by atoms with Crippen LogP contribution in [0.5, 0.6) is 0 Å². The van der Waals surface area contributed by atoms with E-state index >= 15 is 0 Å². The zero-order chi connectivity index (χ0) is 21.8. The molecule has 0 saturated carbocycles. The van der Waals surface area contributed by atoms with E-state index in [1.807, 2.05) is 68.4 Å². The first-order valence-electron chi connectivity index (χ1n) is 10.2. The summed E-state index contributed by atoms with van der Waals surface area (Å²) in [6.45, 7) is 4.75. The van der Waals surface area contributed by atoms with Gasteiger partial charge in [-0.25, -0.2) is 4.98 Å². The average molecular weight is 412 g/mol. The lowest BCUT2D eigenvalue weighted by atomic mass is 10.1. The van der Waals surface area contributed by atoms with Gasteiger partial charge in [0.05, 0.1) is 17.8 Å². The summed E-state index contributed by atoms with van der Waals surface area (Å²) in [6, 6.07) is 20.6. The largest absolute Gasteiger partial charge is 0.379 e. The average Bonchev–Trinajstić information content (AvgIpc) is 2.78. The summed E-state index contributed by atoms with van der Waals surface area (Å²) < 4.78 is 1.53. The molecule has 2 aromatic heterocycles. The number of amides is 1. The monoisotopic (exact) mass is 412 g/mol. The minimum absolute atomic E-state index is 0.130. The van der Waals surface area contributed by atoms with E-state index in [0.29, 0.717) is 35.7 Å². The van der Waals surface area contributed by atoms with Gasteiger partial charge in [-0.2, -0.15) is 0 Å². The number of nitrogens with zero attached hydrogens (tertiary/aromatic N) is 2. The number of fused-ring (bicyclic) bond motifs is 1. The number of pyridine rings is 1. The molecule has 1 amide bonds. The fourth-order valence-corrected chi connectivity index (χ4v) is 3.35. The molecule has 2 heterocycles. The van der Waals surface area contributed by atoms with Gasteiger partial charge >= 0.3 is 0 Å². The number of hydrogen-bond acceptors (Lipinski definition) is 4. The van der Waals surface area contributed by atoms with Gasteiger partial charge in [0.15, 0.2) is 0 Å². The quantitative estimate of drug-likeness (QED) is 0.504. The molecule has 2 aromatic carbocycles. The predicted molar refractivity (Wildman–Crippen MR) is 122 cm³/mol. The summed E-state index contributed by atoms with van der Waals surface area (Å²) in [6.07, 6.45) is 1.77. The molecule has 0 saturated heterocycles. The highest BCUT2D eigenvalue weighted by Crippen LogP contribution is 2.16. The van der Waals surface area contributed by atoms with E-state index < -0.39 is 0 Å². The van der Waals surface area contributed by atoms with E-state index in [2.05, 4.69) is 15.6 Å². The van der Waals surface area contributed by atoms with Crippen molar-refractivity contribution in [3.8, 4) is 0 Å². The summed E-state index contributed by atoms with van der Waals surface area (Å²) in [5, 5.41) is 6.21. The molecule has 4 rings (SSSR count). The van der Waals surface area contributed by atoms with Gasteiger partial charge in [0.2, 0.25) is 0 Å². The molecule has 0 bridgehead atoms. The van der Waals surface area contributed by atoms with Crippen molar-refractivity contribution in [1.82, 2.24) is 14.7 Å². The Kier molecular flexibility index (Phi) is 5.80. The SMILES string of the molecule is Cc1ccc(CNC(=O)c2ccccc2NCc2cc(=O)n3cc(C)ccc3n2)cc1.